The minimum Gasteiger partial charge on any atom is -0.458 e. The summed E-state index contributed by atoms with van der Waals surface area (Å²) in [7, 11) is -3.08. The van der Waals surface area contributed by atoms with Gasteiger partial charge in [0.2, 0.25) is 0 Å². The average molecular weight is 292 g/mol. The summed E-state index contributed by atoms with van der Waals surface area (Å²) in [5.41, 5.74) is 0. The smallest absolute Gasteiger partial charge is 0.176 e. The summed E-state index contributed by atoms with van der Waals surface area (Å²) in [6.07, 6.45) is 7.04. The van der Waals surface area contributed by atoms with E-state index >= 15 is 0 Å². The lowest BCUT2D eigenvalue weighted by Crippen LogP contribution is -2.11. The predicted molar refractivity (Wildman–Crippen MR) is 75.9 cm³/mol. The van der Waals surface area contributed by atoms with Crippen molar-refractivity contribution in [1.82, 2.24) is 9.55 Å². The Morgan fingerprint density at radius 1 is 1.45 bits per heavy atom. The maximum absolute atomic E-state index is 11.5. The lowest BCUT2D eigenvalue weighted by molar-refractivity contribution is 0.509. The van der Waals surface area contributed by atoms with Crippen LogP contribution in [0.3, 0.4) is 0 Å². The molecule has 0 N–H and O–H groups in total. The van der Waals surface area contributed by atoms with Crippen molar-refractivity contribution in [2.24, 2.45) is 0 Å². The van der Waals surface area contributed by atoms with Crippen LogP contribution >= 0.6 is 0 Å². The maximum atomic E-state index is 11.5. The Bertz CT molecular complexity index is 740. The monoisotopic (exact) mass is 292 g/mol. The topological polar surface area (TPSA) is 65.1 Å². The van der Waals surface area contributed by atoms with Crippen LogP contribution in [0.15, 0.2) is 40.4 Å². The van der Waals surface area contributed by atoms with Gasteiger partial charge >= 0.3 is 0 Å². The van der Waals surface area contributed by atoms with Gasteiger partial charge in [-0.25, -0.2) is 13.4 Å². The van der Waals surface area contributed by atoms with Gasteiger partial charge in [-0.2, -0.15) is 0 Å². The van der Waals surface area contributed by atoms with E-state index in [1.165, 1.54) is 5.41 Å². The first kappa shape index (κ1) is 13.2. The van der Waals surface area contributed by atoms with Crippen molar-refractivity contribution in [2.75, 3.05) is 5.75 Å². The molecule has 0 saturated heterocycles. The maximum Gasteiger partial charge on any atom is 0.176 e. The number of allylic oxidation sites excluding steroid dienone is 1. The van der Waals surface area contributed by atoms with Crippen LogP contribution in [-0.4, -0.2) is 23.7 Å². The van der Waals surface area contributed by atoms with E-state index in [1.807, 2.05) is 16.7 Å². The van der Waals surface area contributed by atoms with Gasteiger partial charge in [0.05, 0.1) is 11.8 Å². The lowest BCUT2D eigenvalue weighted by atomic mass is 10.3. The second-order valence-corrected chi connectivity index (χ2v) is 6.83. The van der Waals surface area contributed by atoms with Gasteiger partial charge in [0.1, 0.15) is 5.76 Å². The Kier molecular flexibility index (Phi) is 3.25. The van der Waals surface area contributed by atoms with Crippen molar-refractivity contribution in [2.45, 2.75) is 25.8 Å². The quantitative estimate of drug-likeness (QED) is 0.868. The Hall–Kier alpha value is -1.82. The Morgan fingerprint density at radius 2 is 2.30 bits per heavy atom. The largest absolute Gasteiger partial charge is 0.458 e. The third-order valence-electron chi connectivity index (χ3n) is 3.32. The van der Waals surface area contributed by atoms with Crippen molar-refractivity contribution in [3.63, 3.8) is 0 Å². The summed E-state index contributed by atoms with van der Waals surface area (Å²) < 4.78 is 30.7. The van der Waals surface area contributed by atoms with Crippen LogP contribution in [0.1, 0.15) is 25.1 Å². The Morgan fingerprint density at radius 3 is 3.00 bits per heavy atom. The fourth-order valence-electron chi connectivity index (χ4n) is 2.38. The van der Waals surface area contributed by atoms with E-state index in [2.05, 4.69) is 11.9 Å². The molecule has 3 rings (SSSR count). The predicted octanol–water partition coefficient (Wildman–Crippen LogP) is 2.58. The van der Waals surface area contributed by atoms with Gasteiger partial charge in [-0.1, -0.05) is 6.92 Å². The standard InChI is InChI=1S/C14H16N2O3S/c1-2-3-12-4-5-13(19-12)14-15-7-8-16(14)11-6-9-20(17,18)10-11/h4-9,11H,2-3,10H2,1H3. The number of sulfone groups is 1. The summed E-state index contributed by atoms with van der Waals surface area (Å²) in [5, 5.41) is 1.27. The van der Waals surface area contributed by atoms with E-state index in [1.54, 1.807) is 18.5 Å². The zero-order valence-corrected chi connectivity index (χ0v) is 12.0. The highest BCUT2D eigenvalue weighted by molar-refractivity contribution is 7.94. The lowest BCUT2D eigenvalue weighted by Gasteiger charge is -2.11. The molecule has 0 bridgehead atoms. The zero-order valence-electron chi connectivity index (χ0n) is 11.2. The first-order valence-corrected chi connectivity index (χ1v) is 8.33. The number of hydrogen-bond acceptors (Lipinski definition) is 4. The number of aryl methyl sites for hydroxylation is 1. The highest BCUT2D eigenvalue weighted by Crippen LogP contribution is 2.28. The van der Waals surface area contributed by atoms with Crippen molar-refractivity contribution < 1.29 is 12.8 Å². The molecule has 2 aromatic heterocycles. The molecule has 0 aromatic carbocycles. The zero-order chi connectivity index (χ0) is 14.2. The highest BCUT2D eigenvalue weighted by Gasteiger charge is 2.25. The molecular weight excluding hydrogens is 276 g/mol. The van der Waals surface area contributed by atoms with Gasteiger partial charge in [-0.15, -0.1) is 0 Å². The van der Waals surface area contributed by atoms with Gasteiger partial charge in [-0.05, 0) is 24.6 Å². The number of imidazole rings is 1. The number of hydrogen-bond donors (Lipinski definition) is 0. The van der Waals surface area contributed by atoms with Gasteiger partial charge in [0.25, 0.3) is 0 Å². The van der Waals surface area contributed by atoms with E-state index in [-0.39, 0.29) is 11.8 Å². The average Bonchev–Trinajstić information content (AvgIpc) is 3.07. The van der Waals surface area contributed by atoms with Crippen LogP contribution in [-0.2, 0) is 16.3 Å². The van der Waals surface area contributed by atoms with Gasteiger partial charge in [0, 0.05) is 24.2 Å². The highest BCUT2D eigenvalue weighted by atomic mass is 32.2. The molecule has 106 valence electrons. The molecule has 0 fully saturated rings. The van der Waals surface area contributed by atoms with Gasteiger partial charge in [-0.3, -0.25) is 0 Å². The third kappa shape index (κ3) is 2.43. The molecule has 0 saturated carbocycles. The molecule has 0 radical (unpaired) electrons. The van der Waals surface area contributed by atoms with Crippen LogP contribution in [0.2, 0.25) is 0 Å². The van der Waals surface area contributed by atoms with Crippen LogP contribution in [0.5, 0.6) is 0 Å². The summed E-state index contributed by atoms with van der Waals surface area (Å²) in [6.45, 7) is 2.09. The third-order valence-corrected chi connectivity index (χ3v) is 4.69. The fourth-order valence-corrected chi connectivity index (χ4v) is 3.66. The van der Waals surface area contributed by atoms with E-state index in [9.17, 15) is 8.42 Å². The number of rotatable bonds is 4. The molecular formula is C14H16N2O3S. The molecule has 1 aliphatic rings. The molecule has 1 unspecified atom stereocenters. The second-order valence-electron chi connectivity index (χ2n) is 4.90. The van der Waals surface area contributed by atoms with Gasteiger partial charge < -0.3 is 8.98 Å². The summed E-state index contributed by atoms with van der Waals surface area (Å²) >= 11 is 0. The van der Waals surface area contributed by atoms with Crippen LogP contribution < -0.4 is 0 Å². The molecule has 6 heteroatoms. The number of nitrogens with zero attached hydrogens (tertiary/aromatic N) is 2. The Balaban J connectivity index is 1.92. The van der Waals surface area contributed by atoms with E-state index in [0.717, 1.165) is 18.6 Å². The van der Waals surface area contributed by atoms with Crippen LogP contribution in [0.25, 0.3) is 11.6 Å². The van der Waals surface area contributed by atoms with E-state index < -0.39 is 9.84 Å². The molecule has 0 amide bonds. The molecule has 1 aliphatic heterocycles. The molecule has 0 aliphatic carbocycles. The minimum absolute atomic E-state index is 0.0822. The molecule has 20 heavy (non-hydrogen) atoms. The molecule has 1 atom stereocenters. The number of aromatic nitrogens is 2. The first-order chi connectivity index (χ1) is 9.59. The van der Waals surface area contributed by atoms with Crippen molar-refractivity contribution in [1.29, 1.82) is 0 Å². The second kappa shape index (κ2) is 4.94. The molecule has 5 nitrogen and oxygen atoms in total. The molecule has 2 aromatic rings. The SMILES string of the molecule is CCCc1ccc(-c2nccn2C2C=CS(=O)(=O)C2)o1. The van der Waals surface area contributed by atoms with Crippen LogP contribution in [0, 0.1) is 0 Å². The molecule has 3 heterocycles. The summed E-state index contributed by atoms with van der Waals surface area (Å²) in [4.78, 5) is 4.29. The van der Waals surface area contributed by atoms with Crippen molar-refractivity contribution in [3.8, 4) is 11.6 Å². The first-order valence-electron chi connectivity index (χ1n) is 6.62. The van der Waals surface area contributed by atoms with E-state index in [0.29, 0.717) is 11.6 Å². The normalized spacial score (nSPS) is 20.6. The summed E-state index contributed by atoms with van der Waals surface area (Å²) in [6, 6.07) is 3.62. The Labute approximate surface area is 117 Å². The summed E-state index contributed by atoms with van der Waals surface area (Å²) in [5.74, 6) is 2.35. The van der Waals surface area contributed by atoms with Crippen LogP contribution in [0.4, 0.5) is 0 Å². The number of furan rings is 1. The fraction of sp³-hybridized carbons (Fsp3) is 0.357. The molecule has 0 spiro atoms. The van der Waals surface area contributed by atoms with Gasteiger partial charge in [0.15, 0.2) is 21.4 Å². The van der Waals surface area contributed by atoms with E-state index in [4.69, 9.17) is 4.42 Å². The van der Waals surface area contributed by atoms with Crippen molar-refractivity contribution in [3.05, 3.63) is 41.8 Å². The minimum atomic E-state index is -3.08. The van der Waals surface area contributed by atoms with Crippen molar-refractivity contribution >= 4 is 9.84 Å².